The second-order valence-electron chi connectivity index (χ2n) is 3.88. The number of anilines is 1. The van der Waals surface area contributed by atoms with Crippen LogP contribution in [0.4, 0.5) is 5.13 Å². The van der Waals surface area contributed by atoms with Crippen molar-refractivity contribution in [2.45, 2.75) is 26.5 Å². The van der Waals surface area contributed by atoms with Gasteiger partial charge in [0, 0.05) is 32.1 Å². The van der Waals surface area contributed by atoms with Crippen LogP contribution >= 0.6 is 11.3 Å². The largest absolute Gasteiger partial charge is 0.392 e. The predicted octanol–water partition coefficient (Wildman–Crippen LogP) is 0.988. The van der Waals surface area contributed by atoms with Crippen molar-refractivity contribution in [3.63, 3.8) is 0 Å². The molecule has 1 heterocycles. The molecule has 2 N–H and O–H groups in total. The van der Waals surface area contributed by atoms with Gasteiger partial charge in [0.1, 0.15) is 0 Å². The van der Waals surface area contributed by atoms with Crippen LogP contribution in [0.15, 0.2) is 0 Å². The van der Waals surface area contributed by atoms with E-state index < -0.39 is 0 Å². The molecule has 0 amide bonds. The zero-order valence-electron chi connectivity index (χ0n) is 9.74. The molecule has 4 nitrogen and oxygen atoms in total. The first-order valence-electron chi connectivity index (χ1n) is 5.03. The standard InChI is InChI=1S/C10H19N3OS/c1-7(14)5-11-6-9-8(2)12-10(15-9)13(3)4/h7,11,14H,5-6H2,1-4H3/t7-/m0/s1. The Kier molecular flexibility index (Phi) is 4.50. The van der Waals surface area contributed by atoms with Crippen LogP contribution in [0.2, 0.25) is 0 Å². The summed E-state index contributed by atoms with van der Waals surface area (Å²) in [5.41, 5.74) is 1.07. The van der Waals surface area contributed by atoms with E-state index in [0.29, 0.717) is 6.54 Å². The summed E-state index contributed by atoms with van der Waals surface area (Å²) in [6, 6.07) is 0. The van der Waals surface area contributed by atoms with Gasteiger partial charge < -0.3 is 15.3 Å². The average Bonchev–Trinajstić information content (AvgIpc) is 2.47. The summed E-state index contributed by atoms with van der Waals surface area (Å²) in [5, 5.41) is 13.3. The van der Waals surface area contributed by atoms with Gasteiger partial charge in [-0.25, -0.2) is 4.98 Å². The van der Waals surface area contributed by atoms with Crippen LogP contribution in [0.1, 0.15) is 17.5 Å². The molecule has 0 radical (unpaired) electrons. The highest BCUT2D eigenvalue weighted by molar-refractivity contribution is 7.15. The van der Waals surface area contributed by atoms with Crippen LogP contribution in [0.5, 0.6) is 0 Å². The second kappa shape index (κ2) is 5.44. The molecule has 0 bridgehead atoms. The minimum absolute atomic E-state index is 0.299. The normalized spacial score (nSPS) is 12.9. The highest BCUT2D eigenvalue weighted by Crippen LogP contribution is 2.24. The van der Waals surface area contributed by atoms with Crippen molar-refractivity contribution >= 4 is 16.5 Å². The molecular weight excluding hydrogens is 210 g/mol. The Balaban J connectivity index is 2.53. The number of hydrogen-bond acceptors (Lipinski definition) is 5. The molecule has 0 saturated heterocycles. The number of rotatable bonds is 5. The maximum Gasteiger partial charge on any atom is 0.185 e. The van der Waals surface area contributed by atoms with Crippen molar-refractivity contribution < 1.29 is 5.11 Å². The van der Waals surface area contributed by atoms with Gasteiger partial charge in [-0.2, -0.15) is 0 Å². The van der Waals surface area contributed by atoms with E-state index in [0.717, 1.165) is 17.4 Å². The van der Waals surface area contributed by atoms with Crippen LogP contribution in [0.3, 0.4) is 0 Å². The summed E-state index contributed by atoms with van der Waals surface area (Å²) in [7, 11) is 3.98. The molecule has 86 valence electrons. The van der Waals surface area contributed by atoms with E-state index in [4.69, 9.17) is 5.11 Å². The van der Waals surface area contributed by atoms with Crippen LogP contribution in [0.25, 0.3) is 0 Å². The van der Waals surface area contributed by atoms with Crippen molar-refractivity contribution in [3.05, 3.63) is 10.6 Å². The molecule has 0 fully saturated rings. The van der Waals surface area contributed by atoms with E-state index in [2.05, 4.69) is 10.3 Å². The van der Waals surface area contributed by atoms with E-state index in [9.17, 15) is 0 Å². The zero-order chi connectivity index (χ0) is 11.4. The van der Waals surface area contributed by atoms with Crippen LogP contribution in [0, 0.1) is 6.92 Å². The molecule has 1 aromatic rings. The molecule has 0 aliphatic carbocycles. The lowest BCUT2D eigenvalue weighted by atomic mass is 10.3. The number of aromatic nitrogens is 1. The summed E-state index contributed by atoms with van der Waals surface area (Å²) < 4.78 is 0. The Morgan fingerprint density at radius 2 is 2.20 bits per heavy atom. The summed E-state index contributed by atoms with van der Waals surface area (Å²) in [6.07, 6.45) is -0.299. The van der Waals surface area contributed by atoms with Gasteiger partial charge in [0.2, 0.25) is 0 Å². The van der Waals surface area contributed by atoms with Gasteiger partial charge in [0.05, 0.1) is 11.8 Å². The van der Waals surface area contributed by atoms with Crippen molar-refractivity contribution in [1.29, 1.82) is 0 Å². The molecule has 1 rings (SSSR count). The lowest BCUT2D eigenvalue weighted by Gasteiger charge is -2.06. The van der Waals surface area contributed by atoms with Gasteiger partial charge in [-0.3, -0.25) is 0 Å². The highest BCUT2D eigenvalue weighted by Gasteiger charge is 2.08. The maximum absolute atomic E-state index is 9.11. The number of aliphatic hydroxyl groups is 1. The van der Waals surface area contributed by atoms with Crippen LogP contribution in [-0.4, -0.2) is 36.8 Å². The Labute approximate surface area is 94.9 Å². The third kappa shape index (κ3) is 3.77. The number of aliphatic hydroxyl groups excluding tert-OH is 1. The highest BCUT2D eigenvalue weighted by atomic mass is 32.1. The number of aryl methyl sites for hydroxylation is 1. The number of thiazole rings is 1. The van der Waals surface area contributed by atoms with E-state index in [1.54, 1.807) is 18.3 Å². The van der Waals surface area contributed by atoms with Gasteiger partial charge in [-0.15, -0.1) is 11.3 Å². The van der Waals surface area contributed by atoms with Gasteiger partial charge in [0.25, 0.3) is 0 Å². The van der Waals surface area contributed by atoms with Crippen LogP contribution in [-0.2, 0) is 6.54 Å². The summed E-state index contributed by atoms with van der Waals surface area (Å²) >= 11 is 1.69. The minimum atomic E-state index is -0.299. The second-order valence-corrected chi connectivity index (χ2v) is 4.94. The lowest BCUT2D eigenvalue weighted by Crippen LogP contribution is -2.23. The third-order valence-corrected chi connectivity index (χ3v) is 3.31. The van der Waals surface area contributed by atoms with Crippen molar-refractivity contribution in [2.24, 2.45) is 0 Å². The first-order valence-corrected chi connectivity index (χ1v) is 5.84. The Morgan fingerprint density at radius 3 is 2.67 bits per heavy atom. The number of nitrogens with zero attached hydrogens (tertiary/aromatic N) is 2. The van der Waals surface area contributed by atoms with Crippen LogP contribution < -0.4 is 10.2 Å². The molecule has 5 heteroatoms. The fourth-order valence-electron chi connectivity index (χ4n) is 1.16. The fourth-order valence-corrected chi connectivity index (χ4v) is 2.12. The Morgan fingerprint density at radius 1 is 1.53 bits per heavy atom. The summed E-state index contributed by atoms with van der Waals surface area (Å²) in [5.74, 6) is 0. The summed E-state index contributed by atoms with van der Waals surface area (Å²) in [4.78, 5) is 7.70. The molecule has 0 spiro atoms. The molecule has 0 aromatic carbocycles. The third-order valence-electron chi connectivity index (χ3n) is 1.99. The average molecular weight is 229 g/mol. The fraction of sp³-hybridized carbons (Fsp3) is 0.700. The van der Waals surface area contributed by atoms with E-state index >= 15 is 0 Å². The Bertz CT molecular complexity index is 310. The van der Waals surface area contributed by atoms with E-state index in [1.807, 2.05) is 25.9 Å². The molecule has 0 saturated carbocycles. The molecule has 1 atom stereocenters. The van der Waals surface area contributed by atoms with Gasteiger partial charge in [-0.05, 0) is 13.8 Å². The SMILES string of the molecule is Cc1nc(N(C)C)sc1CNC[C@H](C)O. The van der Waals surface area contributed by atoms with E-state index in [1.165, 1.54) is 4.88 Å². The zero-order valence-corrected chi connectivity index (χ0v) is 10.6. The molecule has 0 aliphatic heterocycles. The summed E-state index contributed by atoms with van der Waals surface area (Å²) in [6.45, 7) is 5.19. The van der Waals surface area contributed by atoms with Crippen molar-refractivity contribution in [3.8, 4) is 0 Å². The molecular formula is C10H19N3OS. The monoisotopic (exact) mass is 229 g/mol. The first-order chi connectivity index (χ1) is 7.00. The minimum Gasteiger partial charge on any atom is -0.392 e. The predicted molar refractivity (Wildman–Crippen MR) is 64.6 cm³/mol. The molecule has 0 unspecified atom stereocenters. The van der Waals surface area contributed by atoms with Gasteiger partial charge in [-0.1, -0.05) is 0 Å². The number of hydrogen-bond donors (Lipinski definition) is 2. The molecule has 15 heavy (non-hydrogen) atoms. The Hall–Kier alpha value is -0.650. The van der Waals surface area contributed by atoms with Gasteiger partial charge in [0.15, 0.2) is 5.13 Å². The molecule has 0 aliphatic rings. The number of nitrogens with one attached hydrogen (secondary N) is 1. The molecule has 1 aromatic heterocycles. The lowest BCUT2D eigenvalue weighted by molar-refractivity contribution is 0.191. The smallest absolute Gasteiger partial charge is 0.185 e. The van der Waals surface area contributed by atoms with Crippen molar-refractivity contribution in [2.75, 3.05) is 25.5 Å². The maximum atomic E-state index is 9.11. The topological polar surface area (TPSA) is 48.4 Å². The van der Waals surface area contributed by atoms with E-state index in [-0.39, 0.29) is 6.10 Å². The van der Waals surface area contributed by atoms with Crippen molar-refractivity contribution in [1.82, 2.24) is 10.3 Å². The first kappa shape index (κ1) is 12.4. The quantitative estimate of drug-likeness (QED) is 0.790. The van der Waals surface area contributed by atoms with Gasteiger partial charge >= 0.3 is 0 Å².